The van der Waals surface area contributed by atoms with Crippen LogP contribution in [0.1, 0.15) is 36.5 Å². The minimum atomic E-state index is -0.353. The largest absolute Gasteiger partial charge is 0.438 e. The summed E-state index contributed by atoms with van der Waals surface area (Å²) >= 11 is 0. The Labute approximate surface area is 155 Å². The van der Waals surface area contributed by atoms with Crippen molar-refractivity contribution in [2.45, 2.75) is 40.2 Å². The number of carbonyl (C=O) groups is 1. The van der Waals surface area contributed by atoms with Crippen molar-refractivity contribution in [3.8, 4) is 11.6 Å². The van der Waals surface area contributed by atoms with Gasteiger partial charge in [0, 0.05) is 24.8 Å². The molecule has 1 aromatic carbocycles. The van der Waals surface area contributed by atoms with E-state index in [0.29, 0.717) is 12.4 Å². The summed E-state index contributed by atoms with van der Waals surface area (Å²) in [6.45, 7) is 8.17. The molecule has 138 valence electrons. The SMILES string of the molecule is Cc1cccc(C)c1Oc1ncccc1CNC(=O)C1(C)CCCNC1. The molecule has 0 saturated carbocycles. The summed E-state index contributed by atoms with van der Waals surface area (Å²) in [6, 6.07) is 9.85. The maximum Gasteiger partial charge on any atom is 0.227 e. The number of rotatable bonds is 5. The van der Waals surface area contributed by atoms with E-state index in [4.69, 9.17) is 4.74 Å². The summed E-state index contributed by atoms with van der Waals surface area (Å²) in [6.07, 6.45) is 3.64. The monoisotopic (exact) mass is 353 g/mol. The number of aryl methyl sites for hydroxylation is 2. The van der Waals surface area contributed by atoms with Gasteiger partial charge in [-0.1, -0.05) is 24.3 Å². The molecule has 3 rings (SSSR count). The highest BCUT2D eigenvalue weighted by Gasteiger charge is 2.34. The molecular formula is C21H27N3O2. The van der Waals surface area contributed by atoms with Crippen molar-refractivity contribution in [2.24, 2.45) is 5.41 Å². The van der Waals surface area contributed by atoms with E-state index in [-0.39, 0.29) is 11.3 Å². The van der Waals surface area contributed by atoms with Crippen molar-refractivity contribution in [1.29, 1.82) is 0 Å². The van der Waals surface area contributed by atoms with Crippen molar-refractivity contribution >= 4 is 5.91 Å². The molecule has 2 heterocycles. The number of hydrogen-bond donors (Lipinski definition) is 2. The van der Waals surface area contributed by atoms with Gasteiger partial charge in [0.05, 0.1) is 5.41 Å². The molecule has 5 heteroatoms. The summed E-state index contributed by atoms with van der Waals surface area (Å²) in [5, 5.41) is 6.38. The van der Waals surface area contributed by atoms with Crippen LogP contribution in [0.15, 0.2) is 36.5 Å². The van der Waals surface area contributed by atoms with Gasteiger partial charge < -0.3 is 15.4 Å². The number of nitrogens with one attached hydrogen (secondary N) is 2. The smallest absolute Gasteiger partial charge is 0.227 e. The van der Waals surface area contributed by atoms with E-state index in [2.05, 4.69) is 15.6 Å². The van der Waals surface area contributed by atoms with E-state index in [1.807, 2.05) is 51.1 Å². The molecule has 1 unspecified atom stereocenters. The van der Waals surface area contributed by atoms with Crippen LogP contribution in [0.5, 0.6) is 11.6 Å². The van der Waals surface area contributed by atoms with Gasteiger partial charge in [-0.25, -0.2) is 4.98 Å². The summed E-state index contributed by atoms with van der Waals surface area (Å²) in [5.74, 6) is 1.44. The first-order valence-corrected chi connectivity index (χ1v) is 9.16. The van der Waals surface area contributed by atoms with Crippen LogP contribution in [0.4, 0.5) is 0 Å². The van der Waals surface area contributed by atoms with E-state index in [0.717, 1.165) is 48.4 Å². The molecule has 1 fully saturated rings. The van der Waals surface area contributed by atoms with Crippen LogP contribution in [-0.4, -0.2) is 24.0 Å². The number of para-hydroxylation sites is 1. The van der Waals surface area contributed by atoms with Crippen molar-refractivity contribution in [3.05, 3.63) is 53.2 Å². The van der Waals surface area contributed by atoms with Crippen LogP contribution in [-0.2, 0) is 11.3 Å². The zero-order valence-electron chi connectivity index (χ0n) is 15.8. The highest BCUT2D eigenvalue weighted by molar-refractivity contribution is 5.82. The quantitative estimate of drug-likeness (QED) is 0.864. The maximum atomic E-state index is 12.7. The van der Waals surface area contributed by atoms with E-state index in [9.17, 15) is 4.79 Å². The predicted molar refractivity (Wildman–Crippen MR) is 102 cm³/mol. The third kappa shape index (κ3) is 4.05. The first-order chi connectivity index (χ1) is 12.5. The Morgan fingerprint density at radius 3 is 2.73 bits per heavy atom. The average molecular weight is 353 g/mol. The molecule has 1 aliphatic heterocycles. The molecule has 0 radical (unpaired) electrons. The molecular weight excluding hydrogens is 326 g/mol. The Hall–Kier alpha value is -2.40. The lowest BCUT2D eigenvalue weighted by Crippen LogP contribution is -2.48. The molecule has 1 saturated heterocycles. The zero-order valence-corrected chi connectivity index (χ0v) is 15.8. The summed E-state index contributed by atoms with van der Waals surface area (Å²) < 4.78 is 6.10. The molecule has 2 N–H and O–H groups in total. The molecule has 5 nitrogen and oxygen atoms in total. The standard InChI is InChI=1S/C21H27N3O2/c1-15-7-4-8-16(2)18(15)26-19-17(9-5-12-23-19)13-24-20(25)21(3)10-6-11-22-14-21/h4-5,7-9,12,22H,6,10-11,13-14H2,1-3H3,(H,24,25). The maximum absolute atomic E-state index is 12.7. The van der Waals surface area contributed by atoms with Gasteiger partial charge in [-0.3, -0.25) is 4.79 Å². The van der Waals surface area contributed by atoms with Gasteiger partial charge in [0.25, 0.3) is 0 Å². The van der Waals surface area contributed by atoms with Gasteiger partial charge in [-0.2, -0.15) is 0 Å². The minimum absolute atomic E-state index is 0.0755. The zero-order chi connectivity index (χ0) is 18.6. The molecule has 0 spiro atoms. The lowest BCUT2D eigenvalue weighted by Gasteiger charge is -2.32. The van der Waals surface area contributed by atoms with Crippen LogP contribution in [0, 0.1) is 19.3 Å². The molecule has 1 atom stereocenters. The Balaban J connectivity index is 1.72. The fourth-order valence-corrected chi connectivity index (χ4v) is 3.35. The predicted octanol–water partition coefficient (Wildman–Crippen LogP) is 3.50. The van der Waals surface area contributed by atoms with Gasteiger partial charge in [0.15, 0.2) is 0 Å². The average Bonchev–Trinajstić information content (AvgIpc) is 2.64. The summed E-state index contributed by atoms with van der Waals surface area (Å²) in [7, 11) is 0. The van der Waals surface area contributed by atoms with Crippen LogP contribution in [0.2, 0.25) is 0 Å². The van der Waals surface area contributed by atoms with E-state index in [1.54, 1.807) is 6.20 Å². The van der Waals surface area contributed by atoms with E-state index >= 15 is 0 Å². The van der Waals surface area contributed by atoms with Gasteiger partial charge in [-0.05, 0) is 57.4 Å². The van der Waals surface area contributed by atoms with Crippen LogP contribution in [0.25, 0.3) is 0 Å². The molecule has 1 aliphatic rings. The number of pyridine rings is 1. The van der Waals surface area contributed by atoms with Crippen molar-refractivity contribution in [1.82, 2.24) is 15.6 Å². The third-order valence-corrected chi connectivity index (χ3v) is 5.04. The Morgan fingerprint density at radius 1 is 1.27 bits per heavy atom. The van der Waals surface area contributed by atoms with Gasteiger partial charge in [0.1, 0.15) is 5.75 Å². The van der Waals surface area contributed by atoms with Crippen LogP contribution >= 0.6 is 0 Å². The number of amides is 1. The lowest BCUT2D eigenvalue weighted by molar-refractivity contribution is -0.131. The van der Waals surface area contributed by atoms with Gasteiger partial charge in [0.2, 0.25) is 11.8 Å². The molecule has 1 amide bonds. The normalized spacial score (nSPS) is 19.8. The van der Waals surface area contributed by atoms with Crippen molar-refractivity contribution < 1.29 is 9.53 Å². The number of aromatic nitrogens is 1. The Morgan fingerprint density at radius 2 is 2.04 bits per heavy atom. The molecule has 0 aliphatic carbocycles. The molecule has 26 heavy (non-hydrogen) atoms. The summed E-state index contributed by atoms with van der Waals surface area (Å²) in [5.41, 5.74) is 2.64. The number of piperidine rings is 1. The molecule has 1 aromatic heterocycles. The molecule has 2 aromatic rings. The minimum Gasteiger partial charge on any atom is -0.438 e. The lowest BCUT2D eigenvalue weighted by atomic mass is 9.82. The second kappa shape index (κ2) is 7.87. The van der Waals surface area contributed by atoms with Crippen LogP contribution < -0.4 is 15.4 Å². The second-order valence-corrected chi connectivity index (χ2v) is 7.31. The Kier molecular flexibility index (Phi) is 5.57. The van der Waals surface area contributed by atoms with Gasteiger partial charge in [-0.15, -0.1) is 0 Å². The number of benzene rings is 1. The molecule has 0 bridgehead atoms. The number of nitrogens with zero attached hydrogens (tertiary/aromatic N) is 1. The topological polar surface area (TPSA) is 63.2 Å². The van der Waals surface area contributed by atoms with E-state index < -0.39 is 0 Å². The number of carbonyl (C=O) groups excluding carboxylic acids is 1. The van der Waals surface area contributed by atoms with Gasteiger partial charge >= 0.3 is 0 Å². The fourth-order valence-electron chi connectivity index (χ4n) is 3.35. The van der Waals surface area contributed by atoms with Crippen molar-refractivity contribution in [2.75, 3.05) is 13.1 Å². The highest BCUT2D eigenvalue weighted by atomic mass is 16.5. The highest BCUT2D eigenvalue weighted by Crippen LogP contribution is 2.30. The Bertz CT molecular complexity index is 762. The summed E-state index contributed by atoms with van der Waals surface area (Å²) in [4.78, 5) is 17.0. The first kappa shape index (κ1) is 18.4. The number of ether oxygens (including phenoxy) is 1. The third-order valence-electron chi connectivity index (χ3n) is 5.04. The first-order valence-electron chi connectivity index (χ1n) is 9.16. The van der Waals surface area contributed by atoms with Crippen molar-refractivity contribution in [3.63, 3.8) is 0 Å². The van der Waals surface area contributed by atoms with Crippen LogP contribution in [0.3, 0.4) is 0 Å². The van der Waals surface area contributed by atoms with E-state index in [1.165, 1.54) is 0 Å². The second-order valence-electron chi connectivity index (χ2n) is 7.31. The number of hydrogen-bond acceptors (Lipinski definition) is 4. The fraction of sp³-hybridized carbons (Fsp3) is 0.429.